The van der Waals surface area contributed by atoms with Crippen LogP contribution in [0.3, 0.4) is 0 Å². The van der Waals surface area contributed by atoms with E-state index in [-0.39, 0.29) is 17.2 Å². The Kier molecular flexibility index (Phi) is 7.06. The Morgan fingerprint density at radius 1 is 0.816 bits per heavy atom. The molecule has 1 atom stereocenters. The molecular formula is C31H42N4O3. The number of aliphatic hydroxyl groups is 1. The molecule has 7 nitrogen and oxygen atoms in total. The maximum absolute atomic E-state index is 13.2. The van der Waals surface area contributed by atoms with E-state index in [2.05, 4.69) is 22.9 Å². The van der Waals surface area contributed by atoms with E-state index >= 15 is 0 Å². The summed E-state index contributed by atoms with van der Waals surface area (Å²) in [4.78, 5) is 34.1. The molecule has 2 aromatic rings. The first-order valence-corrected chi connectivity index (χ1v) is 14.9. The van der Waals surface area contributed by atoms with Crippen LogP contribution in [0.4, 0.5) is 0 Å². The monoisotopic (exact) mass is 518 g/mol. The lowest BCUT2D eigenvalue weighted by atomic mass is 9.67. The van der Waals surface area contributed by atoms with E-state index in [9.17, 15) is 14.7 Å². The van der Waals surface area contributed by atoms with Crippen LogP contribution in [-0.4, -0.2) is 68.1 Å². The van der Waals surface area contributed by atoms with E-state index in [1.165, 1.54) is 69.2 Å². The summed E-state index contributed by atoms with van der Waals surface area (Å²) >= 11 is 0. The maximum Gasteiger partial charge on any atom is 0.254 e. The predicted molar refractivity (Wildman–Crippen MR) is 146 cm³/mol. The fourth-order valence-corrected chi connectivity index (χ4v) is 7.19. The Morgan fingerprint density at radius 2 is 1.42 bits per heavy atom. The zero-order valence-electron chi connectivity index (χ0n) is 22.6. The van der Waals surface area contributed by atoms with Gasteiger partial charge in [-0.2, -0.15) is 0 Å². The SMILES string of the molecule is O=C(c1ccc(C2Cn3ccnc3C3(CCCCCCCCC3)C2)cc1)N1CCN(C(=O)C2(O)CC2)CC1. The summed E-state index contributed by atoms with van der Waals surface area (Å²) in [5.41, 5.74) is 1.04. The lowest BCUT2D eigenvalue weighted by Gasteiger charge is -2.42. The molecule has 1 saturated heterocycles. The molecule has 3 fully saturated rings. The molecule has 2 aliphatic heterocycles. The molecule has 7 heteroatoms. The van der Waals surface area contributed by atoms with Gasteiger partial charge in [0.1, 0.15) is 11.4 Å². The zero-order chi connectivity index (χ0) is 26.2. The average Bonchev–Trinajstić information content (AvgIpc) is 3.52. The van der Waals surface area contributed by atoms with Crippen molar-refractivity contribution in [3.05, 3.63) is 53.6 Å². The highest BCUT2D eigenvalue weighted by molar-refractivity contribution is 5.94. The first-order valence-electron chi connectivity index (χ1n) is 14.9. The maximum atomic E-state index is 13.2. The second-order valence-electron chi connectivity index (χ2n) is 12.3. The van der Waals surface area contributed by atoms with E-state index in [1.54, 1.807) is 4.90 Å². The van der Waals surface area contributed by atoms with E-state index in [0.29, 0.717) is 50.5 Å². The van der Waals surface area contributed by atoms with Crippen LogP contribution in [0.5, 0.6) is 0 Å². The topological polar surface area (TPSA) is 78.7 Å². The van der Waals surface area contributed by atoms with Gasteiger partial charge in [-0.3, -0.25) is 9.59 Å². The standard InChI is InChI=1S/C31H42N4O3/c36-27(33-18-20-34(21-19-33)29(37)31(38)14-15-31)25-10-8-24(9-11-25)26-22-30(28-32-16-17-35(28)23-26)12-6-4-2-1-3-5-7-13-30/h8-11,16-17,26,38H,1-7,12-15,18-23H2. The summed E-state index contributed by atoms with van der Waals surface area (Å²) in [7, 11) is 0. The molecule has 1 aromatic heterocycles. The summed E-state index contributed by atoms with van der Waals surface area (Å²) in [5, 5.41) is 10.1. The molecule has 1 unspecified atom stereocenters. The van der Waals surface area contributed by atoms with Crippen molar-refractivity contribution in [2.45, 2.75) is 101 Å². The molecule has 4 aliphatic rings. The third-order valence-corrected chi connectivity index (χ3v) is 9.66. The van der Waals surface area contributed by atoms with Crippen molar-refractivity contribution in [1.29, 1.82) is 0 Å². The number of amides is 2. The number of imidazole rings is 1. The van der Waals surface area contributed by atoms with Crippen molar-refractivity contribution >= 4 is 11.8 Å². The predicted octanol–water partition coefficient (Wildman–Crippen LogP) is 4.64. The number of benzene rings is 1. The van der Waals surface area contributed by atoms with Crippen LogP contribution < -0.4 is 0 Å². The molecule has 0 bridgehead atoms. The Bertz CT molecular complexity index is 1130. The van der Waals surface area contributed by atoms with E-state index < -0.39 is 5.60 Å². The minimum absolute atomic E-state index is 0.0260. The van der Waals surface area contributed by atoms with Gasteiger partial charge in [-0.15, -0.1) is 0 Å². The number of rotatable bonds is 3. The van der Waals surface area contributed by atoms with Gasteiger partial charge in [0.05, 0.1) is 0 Å². The van der Waals surface area contributed by atoms with Crippen LogP contribution >= 0.6 is 0 Å². The molecule has 1 N–H and O–H groups in total. The average molecular weight is 519 g/mol. The summed E-state index contributed by atoms with van der Waals surface area (Å²) in [6.45, 7) is 2.95. The number of nitrogens with zero attached hydrogens (tertiary/aromatic N) is 4. The number of piperazine rings is 1. The second-order valence-corrected chi connectivity index (χ2v) is 12.3. The Hall–Kier alpha value is -2.67. The largest absolute Gasteiger partial charge is 0.380 e. The molecule has 38 heavy (non-hydrogen) atoms. The van der Waals surface area contributed by atoms with Crippen molar-refractivity contribution in [2.24, 2.45) is 0 Å². The van der Waals surface area contributed by atoms with Gasteiger partial charge in [-0.25, -0.2) is 4.98 Å². The van der Waals surface area contributed by atoms with Gasteiger partial charge in [0.25, 0.3) is 11.8 Å². The van der Waals surface area contributed by atoms with Crippen molar-refractivity contribution in [3.63, 3.8) is 0 Å². The number of aromatic nitrogens is 2. The smallest absolute Gasteiger partial charge is 0.254 e. The van der Waals surface area contributed by atoms with Gasteiger partial charge >= 0.3 is 0 Å². The molecular weight excluding hydrogens is 476 g/mol. The Morgan fingerprint density at radius 3 is 2.05 bits per heavy atom. The third-order valence-electron chi connectivity index (χ3n) is 9.66. The highest BCUT2D eigenvalue weighted by Crippen LogP contribution is 2.47. The number of hydrogen-bond acceptors (Lipinski definition) is 4. The summed E-state index contributed by atoms with van der Waals surface area (Å²) in [6, 6.07) is 8.31. The van der Waals surface area contributed by atoms with Gasteiger partial charge in [0, 0.05) is 62.0 Å². The van der Waals surface area contributed by atoms with Gasteiger partial charge in [0.15, 0.2) is 0 Å². The molecule has 2 saturated carbocycles. The van der Waals surface area contributed by atoms with Gasteiger partial charge in [0.2, 0.25) is 0 Å². The van der Waals surface area contributed by atoms with Crippen LogP contribution in [0.2, 0.25) is 0 Å². The van der Waals surface area contributed by atoms with Crippen LogP contribution in [0.15, 0.2) is 36.7 Å². The lowest BCUT2D eigenvalue weighted by molar-refractivity contribution is -0.143. The minimum atomic E-state index is -1.13. The molecule has 0 radical (unpaired) electrons. The van der Waals surface area contributed by atoms with Gasteiger partial charge < -0.3 is 19.5 Å². The third kappa shape index (κ3) is 5.02. The molecule has 3 heterocycles. The van der Waals surface area contributed by atoms with Crippen molar-refractivity contribution in [1.82, 2.24) is 19.4 Å². The van der Waals surface area contributed by atoms with Gasteiger partial charge in [-0.05, 0) is 49.8 Å². The second kappa shape index (κ2) is 10.5. The fraction of sp³-hybridized carbons (Fsp3) is 0.645. The molecule has 2 aliphatic carbocycles. The first-order chi connectivity index (χ1) is 18.5. The van der Waals surface area contributed by atoms with Crippen molar-refractivity contribution in [2.75, 3.05) is 26.2 Å². The number of carbonyl (C=O) groups is 2. The highest BCUT2D eigenvalue weighted by atomic mass is 16.3. The Labute approximate surface area is 226 Å². The molecule has 6 rings (SSSR count). The summed E-state index contributed by atoms with van der Waals surface area (Å²) < 4.78 is 2.40. The van der Waals surface area contributed by atoms with E-state index in [0.717, 1.165) is 13.0 Å². The highest BCUT2D eigenvalue weighted by Gasteiger charge is 2.50. The lowest BCUT2D eigenvalue weighted by Crippen LogP contribution is -2.53. The first kappa shape index (κ1) is 25.6. The number of fused-ring (bicyclic) bond motifs is 2. The van der Waals surface area contributed by atoms with Crippen molar-refractivity contribution in [3.8, 4) is 0 Å². The van der Waals surface area contributed by atoms with Crippen LogP contribution in [0.1, 0.15) is 105 Å². The summed E-state index contributed by atoms with van der Waals surface area (Å²) in [5.74, 6) is 1.58. The zero-order valence-corrected chi connectivity index (χ0v) is 22.6. The number of hydrogen-bond donors (Lipinski definition) is 1. The molecule has 2 amide bonds. The van der Waals surface area contributed by atoms with E-state index in [4.69, 9.17) is 4.98 Å². The summed E-state index contributed by atoms with van der Waals surface area (Å²) in [6.07, 6.45) is 18.2. The number of carbonyl (C=O) groups excluding carboxylic acids is 2. The minimum Gasteiger partial charge on any atom is -0.380 e. The fourth-order valence-electron chi connectivity index (χ4n) is 7.19. The Balaban J connectivity index is 1.13. The normalized spacial score (nSPS) is 25.0. The van der Waals surface area contributed by atoms with E-state index in [1.807, 2.05) is 23.2 Å². The molecule has 1 aromatic carbocycles. The molecule has 1 spiro atoms. The van der Waals surface area contributed by atoms with Crippen molar-refractivity contribution < 1.29 is 14.7 Å². The van der Waals surface area contributed by atoms with Crippen LogP contribution in [0.25, 0.3) is 0 Å². The van der Waals surface area contributed by atoms with Crippen LogP contribution in [0, 0.1) is 0 Å². The quantitative estimate of drug-likeness (QED) is 0.642. The molecule has 204 valence electrons. The van der Waals surface area contributed by atoms with Gasteiger partial charge in [-0.1, -0.05) is 57.1 Å². The van der Waals surface area contributed by atoms with Crippen LogP contribution in [-0.2, 0) is 16.8 Å².